The van der Waals surface area contributed by atoms with Crippen LogP contribution in [0.4, 0.5) is 11.4 Å². The molecule has 1 fully saturated rings. The van der Waals surface area contributed by atoms with Crippen LogP contribution in [-0.4, -0.2) is 49.0 Å². The number of hydrogen-bond donors (Lipinski definition) is 1. The van der Waals surface area contributed by atoms with Crippen molar-refractivity contribution in [2.24, 2.45) is 0 Å². The number of ether oxygens (including phenoxy) is 1. The molecule has 0 aliphatic carbocycles. The lowest BCUT2D eigenvalue weighted by molar-refractivity contribution is 0.0717. The first-order valence-electron chi connectivity index (χ1n) is 12.7. The van der Waals surface area contributed by atoms with Gasteiger partial charge in [-0.3, -0.25) is 9.59 Å². The highest BCUT2D eigenvalue weighted by Crippen LogP contribution is 2.24. The zero-order valence-electron chi connectivity index (χ0n) is 21.1. The van der Waals surface area contributed by atoms with Crippen LogP contribution in [-0.2, 0) is 0 Å². The quantitative estimate of drug-likeness (QED) is 0.348. The summed E-state index contributed by atoms with van der Waals surface area (Å²) in [5.74, 6) is 0.814. The van der Waals surface area contributed by atoms with E-state index in [1.807, 2.05) is 78.6 Å². The Kier molecular flexibility index (Phi) is 7.12. The molecule has 2 heterocycles. The van der Waals surface area contributed by atoms with Crippen molar-refractivity contribution in [3.8, 4) is 5.75 Å². The van der Waals surface area contributed by atoms with Crippen LogP contribution in [0.15, 0.2) is 83.3 Å². The highest BCUT2D eigenvalue weighted by atomic mass is 16.5. The van der Waals surface area contributed by atoms with E-state index in [-0.39, 0.29) is 17.9 Å². The summed E-state index contributed by atoms with van der Waals surface area (Å²) in [6, 6.07) is 24.5. The minimum absolute atomic E-state index is 0.0764. The summed E-state index contributed by atoms with van der Waals surface area (Å²) < 4.78 is 11.6. The molecule has 0 saturated carbocycles. The zero-order chi connectivity index (χ0) is 25.8. The van der Waals surface area contributed by atoms with Gasteiger partial charge in [0.05, 0.1) is 6.10 Å². The summed E-state index contributed by atoms with van der Waals surface area (Å²) in [7, 11) is 0. The van der Waals surface area contributed by atoms with Gasteiger partial charge in [-0.2, -0.15) is 0 Å². The third kappa shape index (κ3) is 5.61. The maximum Gasteiger partial charge on any atom is 0.289 e. The minimum atomic E-state index is -0.180. The van der Waals surface area contributed by atoms with Gasteiger partial charge in [0.2, 0.25) is 0 Å². The number of anilines is 2. The summed E-state index contributed by atoms with van der Waals surface area (Å²) in [5.41, 5.74) is 3.05. The van der Waals surface area contributed by atoms with E-state index in [0.717, 1.165) is 41.9 Å². The molecule has 3 aromatic carbocycles. The number of nitrogens with one attached hydrogen (secondary N) is 1. The highest BCUT2D eigenvalue weighted by Gasteiger charge is 2.24. The number of piperazine rings is 1. The topological polar surface area (TPSA) is 75.0 Å². The Labute approximate surface area is 216 Å². The Hall–Kier alpha value is -4.26. The third-order valence-electron chi connectivity index (χ3n) is 6.70. The van der Waals surface area contributed by atoms with Gasteiger partial charge in [0, 0.05) is 48.5 Å². The van der Waals surface area contributed by atoms with Crippen molar-refractivity contribution in [1.82, 2.24) is 4.90 Å². The number of carbonyl (C=O) groups is 2. The van der Waals surface area contributed by atoms with Crippen LogP contribution in [0.5, 0.6) is 5.75 Å². The smallest absolute Gasteiger partial charge is 0.289 e. The number of rotatable bonds is 7. The molecular formula is C30H31N3O4. The molecule has 7 nitrogen and oxygen atoms in total. The first-order chi connectivity index (χ1) is 18.0. The van der Waals surface area contributed by atoms with Crippen LogP contribution in [0.1, 0.15) is 41.2 Å². The molecule has 0 spiro atoms. The maximum absolute atomic E-state index is 12.9. The Morgan fingerprint density at radius 3 is 2.43 bits per heavy atom. The number of para-hydroxylation sites is 1. The fraction of sp³-hybridized carbons (Fsp3) is 0.267. The van der Waals surface area contributed by atoms with Crippen molar-refractivity contribution in [1.29, 1.82) is 0 Å². The molecule has 1 saturated heterocycles. The molecule has 0 bridgehead atoms. The van der Waals surface area contributed by atoms with E-state index in [0.29, 0.717) is 30.2 Å². The van der Waals surface area contributed by atoms with Crippen LogP contribution in [0, 0.1) is 0 Å². The summed E-state index contributed by atoms with van der Waals surface area (Å²) in [5, 5.41) is 3.89. The van der Waals surface area contributed by atoms with Crippen LogP contribution < -0.4 is 15.0 Å². The third-order valence-corrected chi connectivity index (χ3v) is 6.70. The van der Waals surface area contributed by atoms with Crippen LogP contribution in [0.2, 0.25) is 0 Å². The van der Waals surface area contributed by atoms with Crippen molar-refractivity contribution >= 4 is 34.2 Å². The Morgan fingerprint density at radius 2 is 1.70 bits per heavy atom. The second-order valence-electron chi connectivity index (χ2n) is 9.29. The summed E-state index contributed by atoms with van der Waals surface area (Å²) in [6.07, 6.45) is 0.992. The van der Waals surface area contributed by atoms with Crippen LogP contribution in [0.25, 0.3) is 11.0 Å². The number of amides is 2. The summed E-state index contributed by atoms with van der Waals surface area (Å²) in [6.45, 7) is 6.74. The van der Waals surface area contributed by atoms with Crippen molar-refractivity contribution < 1.29 is 18.7 Å². The molecule has 5 rings (SSSR count). The van der Waals surface area contributed by atoms with Gasteiger partial charge in [-0.1, -0.05) is 31.2 Å². The first kappa shape index (κ1) is 24.4. The minimum Gasteiger partial charge on any atom is -0.491 e. The predicted molar refractivity (Wildman–Crippen MR) is 146 cm³/mol. The SMILES string of the molecule is CC[C@H](C)Oc1cccc(C(=O)Nc2ccc(N3CCN(C(=O)c4cc5ccccc5o4)CC3)cc2)c1. The molecule has 1 aliphatic rings. The van der Waals surface area contributed by atoms with E-state index in [1.54, 1.807) is 12.1 Å². The van der Waals surface area contributed by atoms with Gasteiger partial charge < -0.3 is 24.3 Å². The van der Waals surface area contributed by atoms with Crippen molar-refractivity contribution in [2.45, 2.75) is 26.4 Å². The van der Waals surface area contributed by atoms with Gasteiger partial charge >= 0.3 is 0 Å². The zero-order valence-corrected chi connectivity index (χ0v) is 21.1. The average Bonchev–Trinajstić information content (AvgIpc) is 3.38. The van der Waals surface area contributed by atoms with E-state index in [4.69, 9.17) is 9.15 Å². The molecule has 0 unspecified atom stereocenters. The monoisotopic (exact) mass is 497 g/mol. The highest BCUT2D eigenvalue weighted by molar-refractivity contribution is 6.04. The molecular weight excluding hydrogens is 466 g/mol. The molecule has 4 aromatic rings. The molecule has 1 aromatic heterocycles. The lowest BCUT2D eigenvalue weighted by Gasteiger charge is -2.35. The molecule has 0 radical (unpaired) electrons. The van der Waals surface area contributed by atoms with Crippen LogP contribution in [0.3, 0.4) is 0 Å². The van der Waals surface area contributed by atoms with Gasteiger partial charge in [-0.05, 0) is 67.9 Å². The summed E-state index contributed by atoms with van der Waals surface area (Å²) >= 11 is 0. The normalized spacial score (nSPS) is 14.4. The summed E-state index contributed by atoms with van der Waals surface area (Å²) in [4.78, 5) is 29.8. The van der Waals surface area contributed by atoms with Gasteiger partial charge in [0.1, 0.15) is 11.3 Å². The second-order valence-corrected chi connectivity index (χ2v) is 9.29. The standard InChI is InChI=1S/C30H31N3O4/c1-3-21(2)36-26-9-6-8-23(19-26)29(34)31-24-11-13-25(14-12-24)32-15-17-33(18-16-32)30(35)28-20-22-7-4-5-10-27(22)37-28/h4-14,19-21H,3,15-18H2,1-2H3,(H,31,34)/t21-/m0/s1. The Morgan fingerprint density at radius 1 is 0.946 bits per heavy atom. The number of furan rings is 1. The molecule has 37 heavy (non-hydrogen) atoms. The van der Waals surface area contributed by atoms with E-state index < -0.39 is 0 Å². The van der Waals surface area contributed by atoms with Crippen LogP contribution >= 0.6 is 0 Å². The number of fused-ring (bicyclic) bond motifs is 1. The van der Waals surface area contributed by atoms with Gasteiger partial charge in [0.25, 0.3) is 11.8 Å². The molecule has 2 amide bonds. The molecule has 7 heteroatoms. The van der Waals surface area contributed by atoms with Crippen molar-refractivity contribution in [3.63, 3.8) is 0 Å². The largest absolute Gasteiger partial charge is 0.491 e. The second kappa shape index (κ2) is 10.8. The van der Waals surface area contributed by atoms with E-state index in [2.05, 4.69) is 17.1 Å². The Balaban J connectivity index is 1.16. The van der Waals surface area contributed by atoms with Crippen molar-refractivity contribution in [3.05, 3.63) is 90.2 Å². The van der Waals surface area contributed by atoms with E-state index in [1.165, 1.54) is 0 Å². The lowest BCUT2D eigenvalue weighted by Crippen LogP contribution is -2.48. The molecule has 1 N–H and O–H groups in total. The van der Waals surface area contributed by atoms with E-state index in [9.17, 15) is 9.59 Å². The molecule has 190 valence electrons. The number of benzene rings is 3. The lowest BCUT2D eigenvalue weighted by atomic mass is 10.2. The number of hydrogen-bond acceptors (Lipinski definition) is 5. The average molecular weight is 498 g/mol. The molecule has 1 atom stereocenters. The van der Waals surface area contributed by atoms with Gasteiger partial charge in [-0.15, -0.1) is 0 Å². The number of carbonyl (C=O) groups excluding carboxylic acids is 2. The molecule has 1 aliphatic heterocycles. The predicted octanol–water partition coefficient (Wildman–Crippen LogP) is 5.82. The van der Waals surface area contributed by atoms with E-state index >= 15 is 0 Å². The first-order valence-corrected chi connectivity index (χ1v) is 12.7. The fourth-order valence-corrected chi connectivity index (χ4v) is 4.40. The van der Waals surface area contributed by atoms with Crippen molar-refractivity contribution in [2.75, 3.05) is 36.4 Å². The van der Waals surface area contributed by atoms with Gasteiger partial charge in [-0.25, -0.2) is 0 Å². The fourth-order valence-electron chi connectivity index (χ4n) is 4.40. The maximum atomic E-state index is 12.9. The number of nitrogens with zero attached hydrogens (tertiary/aromatic N) is 2. The Bertz CT molecular complexity index is 1350. The van der Waals surface area contributed by atoms with Gasteiger partial charge in [0.15, 0.2) is 5.76 Å².